The van der Waals surface area contributed by atoms with Crippen molar-refractivity contribution in [1.82, 2.24) is 4.72 Å². The molecule has 0 amide bonds. The zero-order valence-corrected chi connectivity index (χ0v) is 15.9. The molecule has 5 nitrogen and oxygen atoms in total. The lowest BCUT2D eigenvalue weighted by molar-refractivity contribution is 0.287. The number of halogens is 1. The Kier molecular flexibility index (Phi) is 6.91. The minimum Gasteiger partial charge on any atom is -0.490 e. The summed E-state index contributed by atoms with van der Waals surface area (Å²) in [5.74, 6) is 1.36. The largest absolute Gasteiger partial charge is 0.490 e. The molecule has 1 aromatic carbocycles. The van der Waals surface area contributed by atoms with Crippen molar-refractivity contribution < 1.29 is 17.9 Å². The van der Waals surface area contributed by atoms with Gasteiger partial charge in [-0.3, -0.25) is 0 Å². The third-order valence-electron chi connectivity index (χ3n) is 3.13. The van der Waals surface area contributed by atoms with Crippen LogP contribution in [-0.2, 0) is 16.4 Å². The molecule has 24 heavy (non-hydrogen) atoms. The molecule has 2 rings (SSSR count). The van der Waals surface area contributed by atoms with Gasteiger partial charge in [0.2, 0.25) is 10.0 Å². The van der Waals surface area contributed by atoms with E-state index in [1.807, 2.05) is 32.0 Å². The summed E-state index contributed by atoms with van der Waals surface area (Å²) in [5.41, 5.74) is 0.966. The van der Waals surface area contributed by atoms with Crippen molar-refractivity contribution >= 4 is 33.0 Å². The number of hydrogen-bond acceptors (Lipinski definition) is 5. The van der Waals surface area contributed by atoms with Gasteiger partial charge in [-0.2, -0.15) is 0 Å². The quantitative estimate of drug-likeness (QED) is 0.709. The maximum Gasteiger partial charge on any atom is 0.250 e. The Morgan fingerprint density at radius 1 is 1.08 bits per heavy atom. The first-order valence-electron chi connectivity index (χ1n) is 7.59. The number of nitrogens with one attached hydrogen (secondary N) is 1. The van der Waals surface area contributed by atoms with Crippen molar-refractivity contribution in [2.75, 3.05) is 19.8 Å². The maximum atomic E-state index is 12.1. The number of sulfonamides is 1. The van der Waals surface area contributed by atoms with E-state index < -0.39 is 10.0 Å². The van der Waals surface area contributed by atoms with E-state index in [2.05, 4.69) is 4.72 Å². The minimum absolute atomic E-state index is 0.217. The van der Waals surface area contributed by atoms with Crippen LogP contribution in [0.1, 0.15) is 19.4 Å². The molecular formula is C16H20ClNO4S2. The Morgan fingerprint density at radius 2 is 1.79 bits per heavy atom. The van der Waals surface area contributed by atoms with E-state index in [0.717, 1.165) is 16.9 Å². The van der Waals surface area contributed by atoms with Gasteiger partial charge in [0.25, 0.3) is 0 Å². The van der Waals surface area contributed by atoms with Gasteiger partial charge in [-0.15, -0.1) is 11.3 Å². The molecule has 132 valence electrons. The standard InChI is InChI=1S/C16H20ClNO4S2/c1-3-21-13-6-5-12(11-14(13)22-4-2)9-10-18-24(19,20)16-8-7-15(17)23-16/h5-8,11,18H,3-4,9-10H2,1-2H3. The molecule has 0 spiro atoms. The van der Waals surface area contributed by atoms with Crippen LogP contribution in [0.3, 0.4) is 0 Å². The molecule has 0 atom stereocenters. The van der Waals surface area contributed by atoms with E-state index in [9.17, 15) is 8.42 Å². The van der Waals surface area contributed by atoms with Crippen LogP contribution >= 0.6 is 22.9 Å². The van der Waals surface area contributed by atoms with Crippen molar-refractivity contribution in [2.24, 2.45) is 0 Å². The Bertz CT molecular complexity index is 774. The van der Waals surface area contributed by atoms with Gasteiger partial charge in [0, 0.05) is 6.54 Å². The SMILES string of the molecule is CCOc1ccc(CCNS(=O)(=O)c2ccc(Cl)s2)cc1OCC. The Hall–Kier alpha value is -1.28. The lowest BCUT2D eigenvalue weighted by Gasteiger charge is -2.12. The van der Waals surface area contributed by atoms with Crippen LogP contribution in [0.4, 0.5) is 0 Å². The fraction of sp³-hybridized carbons (Fsp3) is 0.375. The number of hydrogen-bond donors (Lipinski definition) is 1. The molecule has 1 heterocycles. The average molecular weight is 390 g/mol. The van der Waals surface area contributed by atoms with Gasteiger partial charge >= 0.3 is 0 Å². The average Bonchev–Trinajstić information content (AvgIpc) is 2.97. The smallest absolute Gasteiger partial charge is 0.250 e. The van der Waals surface area contributed by atoms with E-state index in [4.69, 9.17) is 21.1 Å². The lowest BCUT2D eigenvalue weighted by atomic mass is 10.1. The zero-order chi connectivity index (χ0) is 17.6. The highest BCUT2D eigenvalue weighted by atomic mass is 35.5. The molecule has 0 radical (unpaired) electrons. The van der Waals surface area contributed by atoms with Gasteiger partial charge in [0.15, 0.2) is 11.5 Å². The van der Waals surface area contributed by atoms with Gasteiger partial charge in [0.05, 0.1) is 17.6 Å². The summed E-state index contributed by atoms with van der Waals surface area (Å²) in [7, 11) is -3.52. The predicted molar refractivity (Wildman–Crippen MR) is 97.0 cm³/mol. The monoisotopic (exact) mass is 389 g/mol. The van der Waals surface area contributed by atoms with Crippen molar-refractivity contribution in [1.29, 1.82) is 0 Å². The first-order valence-corrected chi connectivity index (χ1v) is 10.3. The summed E-state index contributed by atoms with van der Waals surface area (Å²) in [6.45, 7) is 5.20. The summed E-state index contributed by atoms with van der Waals surface area (Å²) < 4.78 is 38.6. The molecule has 0 aliphatic heterocycles. The van der Waals surface area contributed by atoms with Crippen LogP contribution in [0.25, 0.3) is 0 Å². The highest BCUT2D eigenvalue weighted by Gasteiger charge is 2.16. The molecule has 0 bridgehead atoms. The summed E-state index contributed by atoms with van der Waals surface area (Å²) in [6.07, 6.45) is 0.546. The molecule has 0 aliphatic carbocycles. The van der Waals surface area contributed by atoms with Gasteiger partial charge in [-0.05, 0) is 50.1 Å². The highest BCUT2D eigenvalue weighted by molar-refractivity contribution is 7.91. The Morgan fingerprint density at radius 3 is 2.42 bits per heavy atom. The molecule has 8 heteroatoms. The summed E-state index contributed by atoms with van der Waals surface area (Å²) >= 11 is 6.82. The fourth-order valence-electron chi connectivity index (χ4n) is 2.09. The summed E-state index contributed by atoms with van der Waals surface area (Å²) in [5, 5.41) is 0. The highest BCUT2D eigenvalue weighted by Crippen LogP contribution is 2.29. The first-order chi connectivity index (χ1) is 11.5. The normalized spacial score (nSPS) is 11.5. The van der Waals surface area contributed by atoms with E-state index >= 15 is 0 Å². The first kappa shape index (κ1) is 19.1. The second-order valence-electron chi connectivity index (χ2n) is 4.85. The van der Waals surface area contributed by atoms with E-state index in [0.29, 0.717) is 35.5 Å². The van der Waals surface area contributed by atoms with Gasteiger partial charge in [0.1, 0.15) is 4.21 Å². The second kappa shape index (κ2) is 8.71. The molecule has 1 aromatic heterocycles. The molecule has 0 saturated heterocycles. The summed E-state index contributed by atoms with van der Waals surface area (Å²) in [4.78, 5) is 0. The van der Waals surface area contributed by atoms with Crippen LogP contribution in [0.15, 0.2) is 34.5 Å². The molecular weight excluding hydrogens is 370 g/mol. The molecule has 2 aromatic rings. The van der Waals surface area contributed by atoms with Gasteiger partial charge in [-0.25, -0.2) is 13.1 Å². The van der Waals surface area contributed by atoms with Crippen LogP contribution in [0.2, 0.25) is 4.34 Å². The molecule has 0 aliphatic rings. The Labute approximate surface area is 151 Å². The van der Waals surface area contributed by atoms with Crippen molar-refractivity contribution in [3.8, 4) is 11.5 Å². The molecule has 1 N–H and O–H groups in total. The molecule has 0 unspecified atom stereocenters. The van der Waals surface area contributed by atoms with Crippen molar-refractivity contribution in [2.45, 2.75) is 24.5 Å². The van der Waals surface area contributed by atoms with Crippen LogP contribution in [0.5, 0.6) is 11.5 Å². The minimum atomic E-state index is -3.52. The number of ether oxygens (including phenoxy) is 2. The lowest BCUT2D eigenvalue weighted by Crippen LogP contribution is -2.25. The van der Waals surface area contributed by atoms with Gasteiger partial charge in [-0.1, -0.05) is 17.7 Å². The molecule has 0 fully saturated rings. The zero-order valence-electron chi connectivity index (χ0n) is 13.5. The maximum absolute atomic E-state index is 12.1. The van der Waals surface area contributed by atoms with Crippen LogP contribution in [0, 0.1) is 0 Å². The van der Waals surface area contributed by atoms with Gasteiger partial charge < -0.3 is 9.47 Å². The van der Waals surface area contributed by atoms with Crippen LogP contribution in [-0.4, -0.2) is 28.2 Å². The third kappa shape index (κ3) is 5.11. The van der Waals surface area contributed by atoms with Crippen molar-refractivity contribution in [3.63, 3.8) is 0 Å². The van der Waals surface area contributed by atoms with E-state index in [1.165, 1.54) is 6.07 Å². The fourth-order valence-corrected chi connectivity index (χ4v) is 4.65. The number of benzene rings is 1. The van der Waals surface area contributed by atoms with Crippen molar-refractivity contribution in [3.05, 3.63) is 40.2 Å². The number of thiophene rings is 1. The topological polar surface area (TPSA) is 64.6 Å². The Balaban J connectivity index is 2.00. The van der Waals surface area contributed by atoms with E-state index in [1.54, 1.807) is 6.07 Å². The van der Waals surface area contributed by atoms with Crippen LogP contribution < -0.4 is 14.2 Å². The summed E-state index contributed by atoms with van der Waals surface area (Å²) in [6, 6.07) is 8.70. The third-order valence-corrected chi connectivity index (χ3v) is 6.31. The van der Waals surface area contributed by atoms with E-state index in [-0.39, 0.29) is 10.8 Å². The predicted octanol–water partition coefficient (Wildman–Crippen LogP) is 3.72. The number of rotatable bonds is 9. The molecule has 0 saturated carbocycles. The second-order valence-corrected chi connectivity index (χ2v) is 8.56.